The molecule has 2 heterocycles. The normalized spacial score (nSPS) is 12.6. The van der Waals surface area contributed by atoms with Crippen LogP contribution in [0, 0.1) is 0 Å². The number of para-hydroxylation sites is 1. The van der Waals surface area contributed by atoms with Crippen molar-refractivity contribution in [1.29, 1.82) is 0 Å². The number of thiazole rings is 1. The molecule has 0 amide bonds. The number of nitrogens with one attached hydrogen (secondary N) is 1. The summed E-state index contributed by atoms with van der Waals surface area (Å²) in [5, 5.41) is 19.6. The Morgan fingerprint density at radius 2 is 1.86 bits per heavy atom. The van der Waals surface area contributed by atoms with Gasteiger partial charge in [-0.3, -0.25) is 0 Å². The van der Waals surface area contributed by atoms with Crippen LogP contribution in [0.5, 0.6) is 0 Å². The van der Waals surface area contributed by atoms with Crippen LogP contribution in [0.25, 0.3) is 32.7 Å². The maximum Gasteiger partial charge on any atom is 0.244 e. The van der Waals surface area contributed by atoms with E-state index in [0.29, 0.717) is 28.2 Å². The van der Waals surface area contributed by atoms with Gasteiger partial charge in [-0.15, -0.1) is 10.2 Å². The molecule has 0 fully saturated rings. The number of benzene rings is 2. The third-order valence-corrected chi connectivity index (χ3v) is 9.34. The second kappa shape index (κ2) is 9.58. The van der Waals surface area contributed by atoms with E-state index >= 15 is 0 Å². The van der Waals surface area contributed by atoms with Crippen molar-refractivity contribution >= 4 is 46.7 Å². The van der Waals surface area contributed by atoms with Crippen molar-refractivity contribution in [1.82, 2.24) is 29.9 Å². The Labute approximate surface area is 206 Å². The van der Waals surface area contributed by atoms with Gasteiger partial charge in [-0.05, 0) is 29.3 Å². The highest BCUT2D eigenvalue weighted by atomic mass is 32.2. The molecule has 2 aromatic heterocycles. The first-order valence-corrected chi connectivity index (χ1v) is 14.4. The molecular weight excluding hydrogens is 512 g/mol. The summed E-state index contributed by atoms with van der Waals surface area (Å²) in [4.78, 5) is 3.29. The summed E-state index contributed by atoms with van der Waals surface area (Å²) in [6.07, 6.45) is 2.36. The predicted octanol–water partition coefficient (Wildman–Crippen LogP) is 2.18. The van der Waals surface area contributed by atoms with Gasteiger partial charge in [-0.1, -0.05) is 49.3 Å². The first-order valence-electron chi connectivity index (χ1n) is 10.6. The summed E-state index contributed by atoms with van der Waals surface area (Å²) < 4.78 is 54.7. The molecule has 35 heavy (non-hydrogen) atoms. The second-order valence-corrected chi connectivity index (χ2v) is 12.4. The van der Waals surface area contributed by atoms with Crippen molar-refractivity contribution in [3.8, 4) is 22.5 Å². The van der Waals surface area contributed by atoms with Crippen LogP contribution in [0.15, 0.2) is 40.1 Å². The number of H-pyrrole nitrogens is 1. The fourth-order valence-corrected chi connectivity index (χ4v) is 7.36. The predicted molar refractivity (Wildman–Crippen MR) is 133 cm³/mol. The molecule has 186 valence electrons. The Morgan fingerprint density at radius 1 is 1.09 bits per heavy atom. The zero-order valence-corrected chi connectivity index (χ0v) is 21.4. The summed E-state index contributed by atoms with van der Waals surface area (Å²) in [6.45, 7) is 2.22. The van der Waals surface area contributed by atoms with Gasteiger partial charge in [0, 0.05) is 19.2 Å². The Morgan fingerprint density at radius 3 is 2.51 bits per heavy atom. The standard InChI is InChI=1S/C20H24N8O4S3/c1-3-4-5-11-28(2)35(31,32)15-10-9-12(13-7-6-8-14-17(13)23-20(21)33-14)16(18(15)34(22,29)30)19-24-26-27-25-19/h6-10H,3-5,11H2,1-2H3,(H2,21,23)(H2,22,29,30)(H,24,25,26,27). The van der Waals surface area contributed by atoms with E-state index in [1.54, 1.807) is 12.1 Å². The number of unbranched alkanes of at least 4 members (excludes halogenated alkanes) is 2. The third-order valence-electron chi connectivity index (χ3n) is 5.47. The van der Waals surface area contributed by atoms with Crippen LogP contribution in [0.1, 0.15) is 26.2 Å². The lowest BCUT2D eigenvalue weighted by Gasteiger charge is -2.21. The van der Waals surface area contributed by atoms with Crippen molar-refractivity contribution in [3.05, 3.63) is 30.3 Å². The minimum atomic E-state index is -4.58. The number of tetrazole rings is 1. The molecule has 0 saturated heterocycles. The van der Waals surface area contributed by atoms with E-state index in [9.17, 15) is 16.8 Å². The molecule has 0 radical (unpaired) electrons. The maximum absolute atomic E-state index is 13.5. The molecule has 5 N–H and O–H groups in total. The molecule has 15 heteroatoms. The van der Waals surface area contributed by atoms with Gasteiger partial charge in [-0.25, -0.2) is 31.3 Å². The first kappa shape index (κ1) is 25.1. The minimum Gasteiger partial charge on any atom is -0.375 e. The second-order valence-electron chi connectivity index (χ2n) is 7.83. The zero-order chi connectivity index (χ0) is 25.4. The molecule has 0 spiro atoms. The lowest BCUT2D eigenvalue weighted by atomic mass is 9.98. The zero-order valence-electron chi connectivity index (χ0n) is 19.0. The van der Waals surface area contributed by atoms with E-state index in [4.69, 9.17) is 10.9 Å². The van der Waals surface area contributed by atoms with Gasteiger partial charge in [0.2, 0.25) is 25.9 Å². The molecule has 0 atom stereocenters. The van der Waals surface area contributed by atoms with Crippen LogP contribution < -0.4 is 10.9 Å². The highest BCUT2D eigenvalue weighted by molar-refractivity contribution is 7.92. The number of primary sulfonamides is 1. The van der Waals surface area contributed by atoms with Crippen LogP contribution in [0.2, 0.25) is 0 Å². The van der Waals surface area contributed by atoms with Crippen LogP contribution in [0.4, 0.5) is 5.13 Å². The van der Waals surface area contributed by atoms with Crippen molar-refractivity contribution in [3.63, 3.8) is 0 Å². The molecule has 0 unspecified atom stereocenters. The number of nitrogens with two attached hydrogens (primary N) is 2. The Balaban J connectivity index is 2.05. The summed E-state index contributed by atoms with van der Waals surface area (Å²) in [5.74, 6) is -0.130. The summed E-state index contributed by atoms with van der Waals surface area (Å²) >= 11 is 1.27. The number of aromatic nitrogens is 5. The van der Waals surface area contributed by atoms with Crippen molar-refractivity contribution in [2.75, 3.05) is 19.3 Å². The largest absolute Gasteiger partial charge is 0.375 e. The smallest absolute Gasteiger partial charge is 0.244 e. The monoisotopic (exact) mass is 536 g/mol. The topological polar surface area (TPSA) is 191 Å². The average molecular weight is 537 g/mol. The van der Waals surface area contributed by atoms with E-state index in [0.717, 1.165) is 21.8 Å². The molecule has 0 aliphatic rings. The number of nitrogen functional groups attached to an aromatic ring is 1. The first-order chi connectivity index (χ1) is 16.6. The van der Waals surface area contributed by atoms with Crippen molar-refractivity contribution in [2.24, 2.45) is 5.14 Å². The fraction of sp³-hybridized carbons (Fsp3) is 0.300. The molecule has 4 rings (SSSR count). The highest BCUT2D eigenvalue weighted by Crippen LogP contribution is 2.42. The van der Waals surface area contributed by atoms with E-state index in [1.165, 1.54) is 30.5 Å². The van der Waals surface area contributed by atoms with Crippen LogP contribution >= 0.6 is 11.3 Å². The summed E-state index contributed by atoms with van der Waals surface area (Å²) in [7, 11) is -7.41. The lowest BCUT2D eigenvalue weighted by Crippen LogP contribution is -2.30. The Hall–Kier alpha value is -2.98. The van der Waals surface area contributed by atoms with Gasteiger partial charge in [0.15, 0.2) is 5.13 Å². The highest BCUT2D eigenvalue weighted by Gasteiger charge is 2.34. The lowest BCUT2D eigenvalue weighted by molar-refractivity contribution is 0.452. The average Bonchev–Trinajstić information content (AvgIpc) is 3.46. The van der Waals surface area contributed by atoms with E-state index in [1.807, 2.05) is 13.0 Å². The van der Waals surface area contributed by atoms with E-state index in [2.05, 4.69) is 25.6 Å². The molecular formula is C20H24N8O4S3. The molecule has 0 bridgehead atoms. The number of sulfonamides is 2. The van der Waals surface area contributed by atoms with Gasteiger partial charge < -0.3 is 5.73 Å². The molecule has 0 aliphatic heterocycles. The van der Waals surface area contributed by atoms with E-state index in [-0.39, 0.29) is 17.9 Å². The van der Waals surface area contributed by atoms with Gasteiger partial charge in [-0.2, -0.15) is 5.21 Å². The van der Waals surface area contributed by atoms with Crippen LogP contribution in [0.3, 0.4) is 0 Å². The van der Waals surface area contributed by atoms with Crippen LogP contribution in [-0.2, 0) is 20.0 Å². The molecule has 0 saturated carbocycles. The van der Waals surface area contributed by atoms with Gasteiger partial charge >= 0.3 is 0 Å². The Bertz CT molecular complexity index is 1580. The number of hydrogen-bond acceptors (Lipinski definition) is 10. The number of anilines is 1. The molecule has 2 aromatic carbocycles. The number of nitrogens with zero attached hydrogens (tertiary/aromatic N) is 5. The number of aromatic amines is 1. The fourth-order valence-electron chi connectivity index (χ4n) is 3.82. The minimum absolute atomic E-state index is 0.0941. The van der Waals surface area contributed by atoms with Crippen molar-refractivity contribution in [2.45, 2.75) is 36.0 Å². The number of fused-ring (bicyclic) bond motifs is 1. The molecule has 12 nitrogen and oxygen atoms in total. The van der Waals surface area contributed by atoms with Gasteiger partial charge in [0.05, 0.1) is 15.8 Å². The quantitative estimate of drug-likeness (QED) is 0.269. The summed E-state index contributed by atoms with van der Waals surface area (Å²) in [5.41, 5.74) is 7.16. The molecule has 0 aliphatic carbocycles. The van der Waals surface area contributed by atoms with E-state index < -0.39 is 29.8 Å². The number of hydrogen-bond donors (Lipinski definition) is 3. The third kappa shape index (κ3) is 4.77. The van der Waals surface area contributed by atoms with Gasteiger partial charge in [0.1, 0.15) is 9.79 Å². The SMILES string of the molecule is CCCCCN(C)S(=O)(=O)c1ccc(-c2cccc3sc(N)nc23)c(-c2nn[nH]n2)c1S(N)(=O)=O. The molecule has 4 aromatic rings. The summed E-state index contributed by atoms with van der Waals surface area (Å²) in [6, 6.07) is 8.04. The van der Waals surface area contributed by atoms with Gasteiger partial charge in [0.25, 0.3) is 0 Å². The number of rotatable bonds is 9. The van der Waals surface area contributed by atoms with Crippen molar-refractivity contribution < 1.29 is 16.8 Å². The maximum atomic E-state index is 13.5. The Kier molecular flexibility index (Phi) is 6.88. The van der Waals surface area contributed by atoms with Crippen LogP contribution in [-0.4, -0.2) is 60.3 Å².